The molecule has 4 heteroatoms. The summed E-state index contributed by atoms with van der Waals surface area (Å²) < 4.78 is 13.6. The quantitative estimate of drug-likeness (QED) is 0.929. The number of anilines is 1. The molecule has 0 heterocycles. The van der Waals surface area contributed by atoms with Gasteiger partial charge in [0.05, 0.1) is 23.7 Å². The second-order valence-electron chi connectivity index (χ2n) is 4.52. The van der Waals surface area contributed by atoms with E-state index >= 15 is 0 Å². The fraction of sp³-hybridized carbons (Fsp3) is 0.125. The van der Waals surface area contributed by atoms with Crippen LogP contribution in [0.15, 0.2) is 42.5 Å². The van der Waals surface area contributed by atoms with Gasteiger partial charge in [0.15, 0.2) is 0 Å². The number of benzene rings is 2. The van der Waals surface area contributed by atoms with Gasteiger partial charge in [-0.3, -0.25) is 4.79 Å². The van der Waals surface area contributed by atoms with E-state index in [2.05, 4.69) is 5.32 Å². The Bertz CT molecular complexity index is 689. The minimum absolute atomic E-state index is 0.0849. The number of nitriles is 1. The Morgan fingerprint density at radius 1 is 1.30 bits per heavy atom. The van der Waals surface area contributed by atoms with Crippen LogP contribution in [0.1, 0.15) is 16.7 Å². The van der Waals surface area contributed by atoms with Crippen molar-refractivity contribution in [2.45, 2.75) is 13.3 Å². The van der Waals surface area contributed by atoms with Crippen molar-refractivity contribution < 1.29 is 9.18 Å². The van der Waals surface area contributed by atoms with E-state index in [0.717, 1.165) is 17.2 Å². The molecule has 3 nitrogen and oxygen atoms in total. The lowest BCUT2D eigenvalue weighted by Crippen LogP contribution is -2.15. The lowest BCUT2D eigenvalue weighted by Gasteiger charge is -2.07. The third-order valence-corrected chi connectivity index (χ3v) is 2.82. The summed E-state index contributed by atoms with van der Waals surface area (Å²) in [5.74, 6) is -0.902. The highest BCUT2D eigenvalue weighted by molar-refractivity contribution is 5.92. The van der Waals surface area contributed by atoms with Crippen molar-refractivity contribution in [3.63, 3.8) is 0 Å². The van der Waals surface area contributed by atoms with Crippen LogP contribution >= 0.6 is 0 Å². The number of carbonyl (C=O) groups excluding carboxylic acids is 1. The molecule has 0 fully saturated rings. The molecule has 100 valence electrons. The van der Waals surface area contributed by atoms with E-state index < -0.39 is 5.82 Å². The molecule has 0 aliphatic heterocycles. The highest BCUT2D eigenvalue weighted by Crippen LogP contribution is 2.16. The summed E-state index contributed by atoms with van der Waals surface area (Å²) in [4.78, 5) is 11.9. The fourth-order valence-corrected chi connectivity index (χ4v) is 1.89. The van der Waals surface area contributed by atoms with Crippen LogP contribution in [-0.4, -0.2) is 5.91 Å². The Kier molecular flexibility index (Phi) is 4.11. The molecule has 0 aliphatic rings. The van der Waals surface area contributed by atoms with Gasteiger partial charge in [-0.1, -0.05) is 29.8 Å². The van der Waals surface area contributed by atoms with Gasteiger partial charge in [0.2, 0.25) is 5.91 Å². The summed E-state index contributed by atoms with van der Waals surface area (Å²) in [6, 6.07) is 13.4. The molecule has 0 unspecified atom stereocenters. The number of hydrogen-bond acceptors (Lipinski definition) is 2. The normalized spacial score (nSPS) is 9.85. The molecule has 1 N–H and O–H groups in total. The second-order valence-corrected chi connectivity index (χ2v) is 4.52. The van der Waals surface area contributed by atoms with Crippen LogP contribution in [0.5, 0.6) is 0 Å². The van der Waals surface area contributed by atoms with E-state index in [1.807, 2.05) is 37.3 Å². The number of amides is 1. The maximum absolute atomic E-state index is 13.6. The van der Waals surface area contributed by atoms with Gasteiger partial charge in [0.1, 0.15) is 5.82 Å². The highest BCUT2D eigenvalue weighted by atomic mass is 19.1. The predicted octanol–water partition coefficient (Wildman–Crippen LogP) is 3.19. The van der Waals surface area contributed by atoms with Crippen molar-refractivity contribution in [2.75, 3.05) is 5.32 Å². The lowest BCUT2D eigenvalue weighted by molar-refractivity contribution is -0.115. The molecule has 2 aromatic carbocycles. The first kappa shape index (κ1) is 13.8. The lowest BCUT2D eigenvalue weighted by atomic mass is 10.1. The molecule has 2 aromatic rings. The fourth-order valence-electron chi connectivity index (χ4n) is 1.89. The summed E-state index contributed by atoms with van der Waals surface area (Å²) in [6.45, 7) is 1.95. The van der Waals surface area contributed by atoms with Crippen LogP contribution in [0.3, 0.4) is 0 Å². The summed E-state index contributed by atoms with van der Waals surface area (Å²) in [5, 5.41) is 11.2. The first-order valence-electron chi connectivity index (χ1n) is 6.13. The van der Waals surface area contributed by atoms with Gasteiger partial charge in [0, 0.05) is 0 Å². The van der Waals surface area contributed by atoms with Crippen molar-refractivity contribution in [1.82, 2.24) is 0 Å². The third-order valence-electron chi connectivity index (χ3n) is 2.82. The van der Waals surface area contributed by atoms with Crippen molar-refractivity contribution in [3.05, 3.63) is 65.0 Å². The molecule has 1 amide bonds. The van der Waals surface area contributed by atoms with Crippen LogP contribution in [-0.2, 0) is 11.2 Å². The molecule has 20 heavy (non-hydrogen) atoms. The molecular formula is C16H13FN2O. The smallest absolute Gasteiger partial charge is 0.228 e. The summed E-state index contributed by atoms with van der Waals surface area (Å²) in [5.41, 5.74) is 2.25. The van der Waals surface area contributed by atoms with E-state index in [9.17, 15) is 9.18 Å². The van der Waals surface area contributed by atoms with E-state index in [-0.39, 0.29) is 23.6 Å². The van der Waals surface area contributed by atoms with E-state index in [1.54, 1.807) is 0 Å². The Morgan fingerprint density at radius 3 is 2.75 bits per heavy atom. The molecule has 0 aliphatic carbocycles. The molecule has 0 saturated carbocycles. The Morgan fingerprint density at radius 2 is 2.10 bits per heavy atom. The predicted molar refractivity (Wildman–Crippen MR) is 74.6 cm³/mol. The zero-order chi connectivity index (χ0) is 14.5. The average Bonchev–Trinajstić information content (AvgIpc) is 2.41. The zero-order valence-corrected chi connectivity index (χ0v) is 11.0. The zero-order valence-electron chi connectivity index (χ0n) is 11.0. The number of hydrogen-bond donors (Lipinski definition) is 1. The summed E-state index contributed by atoms with van der Waals surface area (Å²) in [6.07, 6.45) is 0.182. The summed E-state index contributed by atoms with van der Waals surface area (Å²) >= 11 is 0. The minimum Gasteiger partial charge on any atom is -0.323 e. The number of nitrogens with one attached hydrogen (secondary N) is 1. The average molecular weight is 268 g/mol. The molecular weight excluding hydrogens is 255 g/mol. The first-order chi connectivity index (χ1) is 9.58. The Balaban J connectivity index is 2.07. The van der Waals surface area contributed by atoms with Gasteiger partial charge in [0.25, 0.3) is 0 Å². The molecule has 0 spiro atoms. The van der Waals surface area contributed by atoms with Crippen LogP contribution in [0, 0.1) is 24.1 Å². The van der Waals surface area contributed by atoms with Gasteiger partial charge >= 0.3 is 0 Å². The number of rotatable bonds is 3. The van der Waals surface area contributed by atoms with Crippen molar-refractivity contribution in [2.24, 2.45) is 0 Å². The standard InChI is InChI=1S/C16H13FN2O/c1-11-3-2-4-12(7-11)9-16(20)19-15-6-5-13(10-18)8-14(15)17/h2-8H,9H2,1H3,(H,19,20). The largest absolute Gasteiger partial charge is 0.323 e. The van der Waals surface area contributed by atoms with Crippen LogP contribution in [0.25, 0.3) is 0 Å². The topological polar surface area (TPSA) is 52.9 Å². The molecule has 0 aromatic heterocycles. The number of halogens is 1. The van der Waals surface area contributed by atoms with E-state index in [1.165, 1.54) is 12.1 Å². The van der Waals surface area contributed by atoms with Gasteiger partial charge in [-0.15, -0.1) is 0 Å². The molecule has 0 radical (unpaired) electrons. The molecule has 2 rings (SSSR count). The van der Waals surface area contributed by atoms with Crippen LogP contribution < -0.4 is 5.32 Å². The first-order valence-corrected chi connectivity index (χ1v) is 6.13. The maximum atomic E-state index is 13.6. The monoisotopic (exact) mass is 268 g/mol. The van der Waals surface area contributed by atoms with Crippen LogP contribution in [0.2, 0.25) is 0 Å². The number of aryl methyl sites for hydroxylation is 1. The van der Waals surface area contributed by atoms with Gasteiger partial charge in [-0.25, -0.2) is 4.39 Å². The third kappa shape index (κ3) is 3.42. The molecule has 0 saturated heterocycles. The van der Waals surface area contributed by atoms with Crippen molar-refractivity contribution in [1.29, 1.82) is 5.26 Å². The Labute approximate surface area is 116 Å². The van der Waals surface area contributed by atoms with Crippen molar-refractivity contribution >= 4 is 11.6 Å². The highest BCUT2D eigenvalue weighted by Gasteiger charge is 2.08. The van der Waals surface area contributed by atoms with Gasteiger partial charge in [-0.2, -0.15) is 5.26 Å². The Hall–Kier alpha value is -2.67. The SMILES string of the molecule is Cc1cccc(CC(=O)Nc2ccc(C#N)cc2F)c1. The van der Waals surface area contributed by atoms with Gasteiger partial charge < -0.3 is 5.32 Å². The number of carbonyl (C=O) groups is 1. The van der Waals surface area contributed by atoms with E-state index in [0.29, 0.717) is 0 Å². The van der Waals surface area contributed by atoms with E-state index in [4.69, 9.17) is 5.26 Å². The maximum Gasteiger partial charge on any atom is 0.228 e. The van der Waals surface area contributed by atoms with Crippen molar-refractivity contribution in [3.8, 4) is 6.07 Å². The molecule has 0 atom stereocenters. The van der Waals surface area contributed by atoms with Crippen LogP contribution in [0.4, 0.5) is 10.1 Å². The minimum atomic E-state index is -0.610. The van der Waals surface area contributed by atoms with Gasteiger partial charge in [-0.05, 0) is 30.7 Å². The summed E-state index contributed by atoms with van der Waals surface area (Å²) in [7, 11) is 0. The molecule has 0 bridgehead atoms. The second kappa shape index (κ2) is 5.98. The number of nitrogens with zero attached hydrogens (tertiary/aromatic N) is 1.